The predicted octanol–water partition coefficient (Wildman–Crippen LogP) is 2.47. The van der Waals surface area contributed by atoms with Gasteiger partial charge >= 0.3 is 0 Å². The zero-order valence-corrected chi connectivity index (χ0v) is 13.9. The van der Waals surface area contributed by atoms with E-state index in [1.807, 2.05) is 4.90 Å². The normalized spacial score (nSPS) is 21.2. The molecule has 2 N–H and O–H groups in total. The Balaban J connectivity index is 1.47. The van der Waals surface area contributed by atoms with Crippen molar-refractivity contribution in [2.24, 2.45) is 0 Å². The van der Waals surface area contributed by atoms with Crippen molar-refractivity contribution >= 4 is 5.91 Å². The van der Waals surface area contributed by atoms with Crippen molar-refractivity contribution in [1.29, 1.82) is 0 Å². The number of aromatic nitrogens is 2. The van der Waals surface area contributed by atoms with Crippen molar-refractivity contribution in [1.82, 2.24) is 20.4 Å². The van der Waals surface area contributed by atoms with Crippen molar-refractivity contribution in [3.63, 3.8) is 0 Å². The third-order valence-electron chi connectivity index (χ3n) is 5.30. The number of hydrogen-bond donors (Lipinski definition) is 2. The van der Waals surface area contributed by atoms with E-state index in [4.69, 9.17) is 0 Å². The second-order valence-electron chi connectivity index (χ2n) is 6.79. The van der Waals surface area contributed by atoms with Gasteiger partial charge in [0.2, 0.25) is 0 Å². The summed E-state index contributed by atoms with van der Waals surface area (Å²) in [6.45, 7) is 3.34. The molecule has 4 rings (SSSR count). The largest absolute Gasteiger partial charge is 0.337 e. The van der Waals surface area contributed by atoms with Gasteiger partial charge in [-0.15, -0.1) is 0 Å². The summed E-state index contributed by atoms with van der Waals surface area (Å²) >= 11 is 0. The van der Waals surface area contributed by atoms with E-state index in [1.165, 1.54) is 5.56 Å². The fourth-order valence-electron chi connectivity index (χ4n) is 3.91. The maximum absolute atomic E-state index is 12.9. The van der Waals surface area contributed by atoms with Crippen molar-refractivity contribution in [3.05, 3.63) is 52.8 Å². The first-order valence-electron chi connectivity index (χ1n) is 8.94. The maximum Gasteiger partial charge on any atom is 0.274 e. The van der Waals surface area contributed by atoms with Crippen LogP contribution in [-0.4, -0.2) is 40.6 Å². The van der Waals surface area contributed by atoms with E-state index in [1.54, 1.807) is 0 Å². The topological polar surface area (TPSA) is 61.0 Å². The van der Waals surface area contributed by atoms with Gasteiger partial charge in [-0.25, -0.2) is 0 Å². The molecule has 0 bridgehead atoms. The average Bonchev–Trinajstić information content (AvgIpc) is 2.91. The van der Waals surface area contributed by atoms with Gasteiger partial charge in [0, 0.05) is 43.9 Å². The molecule has 3 heterocycles. The third kappa shape index (κ3) is 2.96. The van der Waals surface area contributed by atoms with E-state index < -0.39 is 0 Å². The smallest absolute Gasteiger partial charge is 0.274 e. The lowest BCUT2D eigenvalue weighted by Crippen LogP contribution is -2.34. The number of nitrogens with one attached hydrogen (secondary N) is 2. The van der Waals surface area contributed by atoms with Gasteiger partial charge in [-0.1, -0.05) is 30.3 Å². The number of amides is 1. The fraction of sp³-hybridized carbons (Fsp3) is 0.474. The van der Waals surface area contributed by atoms with Crippen LogP contribution in [0.3, 0.4) is 0 Å². The molecule has 1 amide bonds. The van der Waals surface area contributed by atoms with Crippen LogP contribution in [0.1, 0.15) is 52.5 Å². The average molecular weight is 324 g/mol. The van der Waals surface area contributed by atoms with Gasteiger partial charge in [-0.3, -0.25) is 9.89 Å². The van der Waals surface area contributed by atoms with Crippen LogP contribution in [0.4, 0.5) is 0 Å². The molecule has 0 aliphatic carbocycles. The fourth-order valence-corrected chi connectivity index (χ4v) is 3.91. The molecule has 0 radical (unpaired) electrons. The summed E-state index contributed by atoms with van der Waals surface area (Å²) < 4.78 is 0. The minimum absolute atomic E-state index is 0.0879. The highest BCUT2D eigenvalue weighted by molar-refractivity contribution is 5.94. The number of likely N-dealkylation sites (tertiary alicyclic amines) is 1. The predicted molar refractivity (Wildman–Crippen MR) is 92.9 cm³/mol. The van der Waals surface area contributed by atoms with Gasteiger partial charge in [0.25, 0.3) is 5.91 Å². The van der Waals surface area contributed by atoms with E-state index in [-0.39, 0.29) is 5.91 Å². The monoisotopic (exact) mass is 324 g/mol. The highest BCUT2D eigenvalue weighted by Gasteiger charge is 2.27. The van der Waals surface area contributed by atoms with Crippen LogP contribution < -0.4 is 5.32 Å². The summed E-state index contributed by atoms with van der Waals surface area (Å²) in [5, 5.41) is 10.7. The Labute approximate surface area is 142 Å². The first kappa shape index (κ1) is 15.4. The van der Waals surface area contributed by atoms with Crippen molar-refractivity contribution < 1.29 is 4.79 Å². The zero-order valence-electron chi connectivity index (χ0n) is 13.9. The number of hydrogen-bond acceptors (Lipinski definition) is 3. The molecular weight excluding hydrogens is 300 g/mol. The lowest BCUT2D eigenvalue weighted by Gasteiger charge is -2.21. The van der Waals surface area contributed by atoms with E-state index in [2.05, 4.69) is 45.8 Å². The van der Waals surface area contributed by atoms with Crippen molar-refractivity contribution in [3.8, 4) is 0 Å². The molecule has 0 spiro atoms. The second-order valence-corrected chi connectivity index (χ2v) is 6.79. The SMILES string of the molecule is O=C(c1n[nH]c2c1CNCC2)N1CCCC(c2ccccc2)CC1. The molecular formula is C19H24N4O. The first-order chi connectivity index (χ1) is 11.8. The minimum Gasteiger partial charge on any atom is -0.337 e. The van der Waals surface area contributed by atoms with E-state index in [0.717, 1.165) is 63.1 Å². The molecule has 1 atom stereocenters. The number of nitrogens with zero attached hydrogens (tertiary/aromatic N) is 2. The quantitative estimate of drug-likeness (QED) is 0.892. The van der Waals surface area contributed by atoms with Crippen molar-refractivity contribution in [2.45, 2.75) is 38.1 Å². The molecule has 2 aliphatic rings. The zero-order chi connectivity index (χ0) is 16.4. The van der Waals surface area contributed by atoms with Gasteiger partial charge in [0.1, 0.15) is 0 Å². The molecule has 0 saturated carbocycles. The Bertz CT molecular complexity index is 709. The van der Waals surface area contributed by atoms with Gasteiger partial charge in [-0.2, -0.15) is 5.10 Å². The minimum atomic E-state index is 0.0879. The van der Waals surface area contributed by atoms with Gasteiger partial charge in [0.15, 0.2) is 5.69 Å². The van der Waals surface area contributed by atoms with Gasteiger partial charge in [-0.05, 0) is 30.7 Å². The number of carbonyl (C=O) groups is 1. The molecule has 1 unspecified atom stereocenters. The molecule has 5 nitrogen and oxygen atoms in total. The number of H-pyrrole nitrogens is 1. The van der Waals surface area contributed by atoms with Crippen LogP contribution in [0, 0.1) is 0 Å². The third-order valence-corrected chi connectivity index (χ3v) is 5.30. The molecule has 5 heteroatoms. The van der Waals surface area contributed by atoms with Crippen LogP contribution >= 0.6 is 0 Å². The lowest BCUT2D eigenvalue weighted by atomic mass is 9.92. The number of carbonyl (C=O) groups excluding carboxylic acids is 1. The Hall–Kier alpha value is -2.14. The Morgan fingerprint density at radius 3 is 2.92 bits per heavy atom. The number of benzene rings is 1. The maximum atomic E-state index is 12.9. The van der Waals surface area contributed by atoms with Gasteiger partial charge < -0.3 is 10.2 Å². The van der Waals surface area contributed by atoms with Gasteiger partial charge in [0.05, 0.1) is 0 Å². The highest BCUT2D eigenvalue weighted by Crippen LogP contribution is 2.28. The molecule has 126 valence electrons. The van der Waals surface area contributed by atoms with Crippen molar-refractivity contribution in [2.75, 3.05) is 19.6 Å². The summed E-state index contributed by atoms with van der Waals surface area (Å²) in [5.41, 5.74) is 4.20. The first-order valence-corrected chi connectivity index (χ1v) is 8.94. The van der Waals surface area contributed by atoms with E-state index in [9.17, 15) is 4.79 Å². The summed E-state index contributed by atoms with van der Waals surface area (Å²) in [7, 11) is 0. The number of aromatic amines is 1. The van der Waals surface area contributed by atoms with Crippen LogP contribution in [0.15, 0.2) is 30.3 Å². The molecule has 2 aromatic rings. The summed E-state index contributed by atoms with van der Waals surface area (Å²) in [6, 6.07) is 10.7. The summed E-state index contributed by atoms with van der Waals surface area (Å²) in [5.74, 6) is 0.642. The molecule has 24 heavy (non-hydrogen) atoms. The molecule has 1 fully saturated rings. The Morgan fingerprint density at radius 1 is 1.17 bits per heavy atom. The Kier molecular flexibility index (Phi) is 4.34. The molecule has 1 aromatic carbocycles. The second kappa shape index (κ2) is 6.77. The number of rotatable bonds is 2. The summed E-state index contributed by atoms with van der Waals surface area (Å²) in [6.07, 6.45) is 4.15. The van der Waals surface area contributed by atoms with Crippen LogP contribution in [0.2, 0.25) is 0 Å². The van der Waals surface area contributed by atoms with Crippen LogP contribution in [0.5, 0.6) is 0 Å². The highest BCUT2D eigenvalue weighted by atomic mass is 16.2. The number of fused-ring (bicyclic) bond motifs is 1. The Morgan fingerprint density at radius 2 is 2.04 bits per heavy atom. The van der Waals surface area contributed by atoms with E-state index in [0.29, 0.717) is 11.6 Å². The van der Waals surface area contributed by atoms with Crippen LogP contribution in [-0.2, 0) is 13.0 Å². The molecule has 1 saturated heterocycles. The van der Waals surface area contributed by atoms with Crippen LogP contribution in [0.25, 0.3) is 0 Å². The molecule has 2 aliphatic heterocycles. The molecule has 1 aromatic heterocycles. The lowest BCUT2D eigenvalue weighted by molar-refractivity contribution is 0.0754. The van der Waals surface area contributed by atoms with E-state index >= 15 is 0 Å². The summed E-state index contributed by atoms with van der Waals surface area (Å²) in [4.78, 5) is 14.9. The standard InChI is InChI=1S/C19H24N4O/c24-19(18-16-13-20-10-8-17(16)21-22-18)23-11-4-7-15(9-12-23)14-5-2-1-3-6-14/h1-3,5-6,15,20H,4,7-13H2,(H,21,22).